The van der Waals surface area contributed by atoms with Gasteiger partial charge < -0.3 is 13.3 Å². The van der Waals surface area contributed by atoms with Crippen LogP contribution in [0, 0.1) is 5.92 Å². The molecule has 20 heavy (non-hydrogen) atoms. The van der Waals surface area contributed by atoms with Gasteiger partial charge in [0.2, 0.25) is 0 Å². The van der Waals surface area contributed by atoms with Crippen molar-refractivity contribution in [3.63, 3.8) is 0 Å². The van der Waals surface area contributed by atoms with Crippen LogP contribution in [-0.2, 0) is 13.3 Å². The lowest BCUT2D eigenvalue weighted by atomic mass is 10.1. The fourth-order valence-corrected chi connectivity index (χ4v) is 5.29. The van der Waals surface area contributed by atoms with Gasteiger partial charge in [-0.05, 0) is 32.1 Å². The van der Waals surface area contributed by atoms with Crippen molar-refractivity contribution in [1.29, 1.82) is 0 Å². The second kappa shape index (κ2) is 10.5. The first kappa shape index (κ1) is 19.8. The Morgan fingerprint density at radius 3 is 2.00 bits per heavy atom. The Morgan fingerprint density at radius 2 is 1.60 bits per heavy atom. The third kappa shape index (κ3) is 6.48. The molecule has 0 amide bonds. The van der Waals surface area contributed by atoms with Gasteiger partial charge >= 0.3 is 8.80 Å². The van der Waals surface area contributed by atoms with Crippen molar-refractivity contribution in [3.05, 3.63) is 0 Å². The van der Waals surface area contributed by atoms with Gasteiger partial charge in [-0.3, -0.25) is 4.99 Å². The summed E-state index contributed by atoms with van der Waals surface area (Å²) in [4.78, 5) is 4.67. The average molecular weight is 304 g/mol. The summed E-state index contributed by atoms with van der Waals surface area (Å²) in [7, 11) is 2.53. The zero-order valence-electron chi connectivity index (χ0n) is 14.4. The van der Waals surface area contributed by atoms with Crippen LogP contribution in [0.25, 0.3) is 0 Å². The molecule has 0 saturated heterocycles. The van der Waals surface area contributed by atoms with Crippen molar-refractivity contribution >= 4 is 14.5 Å². The van der Waals surface area contributed by atoms with Gasteiger partial charge in [-0.15, -0.1) is 0 Å². The summed E-state index contributed by atoms with van der Waals surface area (Å²) in [6.07, 6.45) is 4.19. The molecule has 0 bridgehead atoms. The smallest absolute Gasteiger partial charge is 0.377 e. The maximum absolute atomic E-state index is 5.62. The quantitative estimate of drug-likeness (QED) is 0.429. The van der Waals surface area contributed by atoms with E-state index in [1.807, 2.05) is 0 Å². The molecule has 0 radical (unpaired) electrons. The van der Waals surface area contributed by atoms with E-state index >= 15 is 0 Å². The van der Waals surface area contributed by atoms with Gasteiger partial charge in [-0.2, -0.15) is 0 Å². The highest BCUT2D eigenvalue weighted by Gasteiger charge is 2.46. The minimum absolute atomic E-state index is 0.322. The van der Waals surface area contributed by atoms with E-state index in [1.54, 1.807) is 21.3 Å². The first-order chi connectivity index (χ1) is 9.45. The number of hydrogen-bond donors (Lipinski definition) is 0. The van der Waals surface area contributed by atoms with Gasteiger partial charge in [0.05, 0.1) is 0 Å². The van der Waals surface area contributed by atoms with Gasteiger partial charge in [0, 0.05) is 39.1 Å². The molecule has 0 aromatic heterocycles. The summed E-state index contributed by atoms with van der Waals surface area (Å²) in [5, 5.41) is 0. The summed E-state index contributed by atoms with van der Waals surface area (Å²) < 4.78 is 16.9. The van der Waals surface area contributed by atoms with Crippen molar-refractivity contribution in [1.82, 2.24) is 0 Å². The Kier molecular flexibility index (Phi) is 10.4. The monoisotopic (exact) mass is 303 g/mol. The second-order valence-corrected chi connectivity index (χ2v) is 8.95. The molecule has 5 heteroatoms. The molecule has 0 aliphatic rings. The van der Waals surface area contributed by atoms with Crippen LogP contribution in [0.4, 0.5) is 0 Å². The van der Waals surface area contributed by atoms with Crippen LogP contribution in [0.5, 0.6) is 0 Å². The van der Waals surface area contributed by atoms with E-state index in [9.17, 15) is 0 Å². The molecule has 0 saturated carbocycles. The van der Waals surface area contributed by atoms with Crippen LogP contribution in [0.2, 0.25) is 5.54 Å². The Balaban J connectivity index is 4.62. The topological polar surface area (TPSA) is 40.0 Å². The van der Waals surface area contributed by atoms with Gasteiger partial charge in [0.15, 0.2) is 0 Å². The first-order valence-corrected chi connectivity index (χ1v) is 9.41. The molecule has 0 fully saturated rings. The Bertz CT molecular complexity index is 270. The molecule has 0 aromatic rings. The minimum Gasteiger partial charge on any atom is -0.377 e. The lowest BCUT2D eigenvalue weighted by molar-refractivity contribution is 0.108. The lowest BCUT2D eigenvalue weighted by Crippen LogP contribution is -2.48. The fraction of sp³-hybridized carbons (Fsp3) is 0.933. The minimum atomic E-state index is -2.54. The Labute approximate surface area is 126 Å². The molecule has 0 aliphatic heterocycles. The van der Waals surface area contributed by atoms with E-state index in [0.29, 0.717) is 11.5 Å². The van der Waals surface area contributed by atoms with Gasteiger partial charge in [0.1, 0.15) is 0 Å². The molecule has 1 atom stereocenters. The highest BCUT2D eigenvalue weighted by molar-refractivity contribution is 6.62. The Hall–Kier alpha value is -0.233. The largest absolute Gasteiger partial charge is 0.503 e. The van der Waals surface area contributed by atoms with E-state index in [0.717, 1.165) is 32.2 Å². The van der Waals surface area contributed by atoms with Gasteiger partial charge in [-0.25, -0.2) is 0 Å². The summed E-state index contributed by atoms with van der Waals surface area (Å²) in [6, 6.07) is 0. The summed E-state index contributed by atoms with van der Waals surface area (Å²) in [5.41, 5.74) is 1.55. The fourth-order valence-electron chi connectivity index (χ4n) is 2.66. The standard InChI is InChI=1S/C15H33NO3Si/c1-8-9-15(20(17-5,18-6)19-7)10-11-16-14(4)12-13(2)3/h13,15H,8-12H2,1-7H3. The average Bonchev–Trinajstić information content (AvgIpc) is 2.40. The highest BCUT2D eigenvalue weighted by Crippen LogP contribution is 2.32. The zero-order chi connectivity index (χ0) is 15.6. The van der Waals surface area contributed by atoms with E-state index in [2.05, 4.69) is 32.7 Å². The van der Waals surface area contributed by atoms with Crippen molar-refractivity contribution in [2.24, 2.45) is 10.9 Å². The SMILES string of the molecule is CCCC(CCN=C(C)CC(C)C)[Si](OC)(OC)OC. The van der Waals surface area contributed by atoms with Crippen LogP contribution in [-0.4, -0.2) is 42.4 Å². The van der Waals surface area contributed by atoms with Gasteiger partial charge in [-0.1, -0.05) is 27.2 Å². The maximum Gasteiger partial charge on any atom is 0.503 e. The third-order valence-corrected chi connectivity index (χ3v) is 6.84. The number of aliphatic imine (C=N–C) groups is 1. The van der Waals surface area contributed by atoms with Crippen LogP contribution in [0.1, 0.15) is 53.4 Å². The maximum atomic E-state index is 5.62. The third-order valence-electron chi connectivity index (χ3n) is 3.55. The predicted octanol–water partition coefficient (Wildman–Crippen LogP) is 3.93. The van der Waals surface area contributed by atoms with E-state index < -0.39 is 8.80 Å². The predicted molar refractivity (Wildman–Crippen MR) is 87.5 cm³/mol. The normalized spacial score (nSPS) is 14.9. The van der Waals surface area contributed by atoms with Crippen molar-refractivity contribution in [2.75, 3.05) is 27.9 Å². The number of hydrogen-bond acceptors (Lipinski definition) is 4. The van der Waals surface area contributed by atoms with E-state index in [1.165, 1.54) is 5.71 Å². The molecule has 0 aromatic carbocycles. The summed E-state index contributed by atoms with van der Waals surface area (Å²) in [6.45, 7) is 9.56. The molecular formula is C15H33NO3Si. The second-order valence-electron chi connectivity index (χ2n) is 5.71. The first-order valence-electron chi connectivity index (χ1n) is 7.61. The van der Waals surface area contributed by atoms with Crippen LogP contribution < -0.4 is 0 Å². The zero-order valence-corrected chi connectivity index (χ0v) is 15.4. The molecule has 0 rings (SSSR count). The molecule has 4 nitrogen and oxygen atoms in total. The summed E-state index contributed by atoms with van der Waals surface area (Å²) in [5.74, 6) is 0.663. The molecule has 120 valence electrons. The molecule has 0 N–H and O–H groups in total. The van der Waals surface area contributed by atoms with E-state index in [-0.39, 0.29) is 0 Å². The molecular weight excluding hydrogens is 270 g/mol. The lowest BCUT2D eigenvalue weighted by Gasteiger charge is -2.32. The van der Waals surface area contributed by atoms with Gasteiger partial charge in [0.25, 0.3) is 0 Å². The number of rotatable bonds is 11. The van der Waals surface area contributed by atoms with Crippen LogP contribution in [0.15, 0.2) is 4.99 Å². The molecule has 0 heterocycles. The van der Waals surface area contributed by atoms with Crippen LogP contribution >= 0.6 is 0 Å². The number of nitrogens with zero attached hydrogens (tertiary/aromatic N) is 1. The molecule has 1 unspecified atom stereocenters. The van der Waals surface area contributed by atoms with Crippen molar-refractivity contribution < 1.29 is 13.3 Å². The van der Waals surface area contributed by atoms with Crippen LogP contribution in [0.3, 0.4) is 0 Å². The highest BCUT2D eigenvalue weighted by atomic mass is 28.4. The summed E-state index contributed by atoms with van der Waals surface area (Å²) >= 11 is 0. The molecule has 0 aliphatic carbocycles. The van der Waals surface area contributed by atoms with Crippen molar-refractivity contribution in [2.45, 2.75) is 58.9 Å². The Morgan fingerprint density at radius 1 is 1.05 bits per heavy atom. The van der Waals surface area contributed by atoms with Crippen molar-refractivity contribution in [3.8, 4) is 0 Å². The van der Waals surface area contributed by atoms with E-state index in [4.69, 9.17) is 13.3 Å². The molecule has 0 spiro atoms.